The summed E-state index contributed by atoms with van der Waals surface area (Å²) in [6, 6.07) is 5.20. The van der Waals surface area contributed by atoms with Gasteiger partial charge >= 0.3 is 0 Å². The van der Waals surface area contributed by atoms with Crippen molar-refractivity contribution < 1.29 is 4.52 Å². The van der Waals surface area contributed by atoms with Gasteiger partial charge in [0.1, 0.15) is 6.04 Å². The number of rotatable bonds is 3. The van der Waals surface area contributed by atoms with E-state index >= 15 is 0 Å². The molecule has 1 aliphatic carbocycles. The van der Waals surface area contributed by atoms with Gasteiger partial charge in [0.2, 0.25) is 5.89 Å². The van der Waals surface area contributed by atoms with Crippen molar-refractivity contribution in [1.82, 2.24) is 15.1 Å². The summed E-state index contributed by atoms with van der Waals surface area (Å²) in [5.41, 5.74) is 6.76. The van der Waals surface area contributed by atoms with Crippen molar-refractivity contribution in [2.24, 2.45) is 5.73 Å². The first-order valence-electron chi connectivity index (χ1n) is 5.34. The lowest BCUT2D eigenvalue weighted by Gasteiger charge is -2.04. The van der Waals surface area contributed by atoms with Crippen LogP contribution in [0.5, 0.6) is 0 Å². The Morgan fingerprint density at radius 2 is 2.25 bits per heavy atom. The van der Waals surface area contributed by atoms with E-state index in [-0.39, 0.29) is 0 Å². The van der Waals surface area contributed by atoms with E-state index in [1.54, 1.807) is 6.20 Å². The molecule has 1 aliphatic rings. The van der Waals surface area contributed by atoms with Gasteiger partial charge in [-0.25, -0.2) is 0 Å². The normalized spacial score (nSPS) is 17.3. The Morgan fingerprint density at radius 3 is 2.94 bits per heavy atom. The lowest BCUT2D eigenvalue weighted by Crippen LogP contribution is -2.14. The van der Waals surface area contributed by atoms with E-state index in [2.05, 4.69) is 15.1 Å². The van der Waals surface area contributed by atoms with Crippen LogP contribution in [0.4, 0.5) is 0 Å². The van der Waals surface area contributed by atoms with Crippen molar-refractivity contribution in [3.8, 4) is 0 Å². The molecule has 2 aromatic heterocycles. The number of hydrogen-bond donors (Lipinski definition) is 1. The van der Waals surface area contributed by atoms with Crippen molar-refractivity contribution in [3.63, 3.8) is 0 Å². The zero-order chi connectivity index (χ0) is 11.0. The quantitative estimate of drug-likeness (QED) is 0.838. The van der Waals surface area contributed by atoms with Gasteiger partial charge in [-0.3, -0.25) is 4.98 Å². The monoisotopic (exact) mass is 216 g/mol. The predicted octanol–water partition coefficient (Wildman–Crippen LogP) is 1.39. The average Bonchev–Trinajstić information content (AvgIpc) is 3.08. The summed E-state index contributed by atoms with van der Waals surface area (Å²) in [5, 5.41) is 3.90. The van der Waals surface area contributed by atoms with Crippen molar-refractivity contribution >= 4 is 0 Å². The van der Waals surface area contributed by atoms with E-state index in [1.165, 1.54) is 0 Å². The highest BCUT2D eigenvalue weighted by molar-refractivity contribution is 5.16. The topological polar surface area (TPSA) is 77.8 Å². The third kappa shape index (κ3) is 1.69. The lowest BCUT2D eigenvalue weighted by atomic mass is 10.2. The Bertz CT molecular complexity index is 478. The Labute approximate surface area is 92.7 Å². The highest BCUT2D eigenvalue weighted by atomic mass is 16.5. The molecule has 0 spiro atoms. The van der Waals surface area contributed by atoms with Crippen molar-refractivity contribution in [1.29, 1.82) is 0 Å². The maximum absolute atomic E-state index is 6.00. The largest absolute Gasteiger partial charge is 0.339 e. The van der Waals surface area contributed by atoms with E-state index in [4.69, 9.17) is 10.3 Å². The Kier molecular flexibility index (Phi) is 2.18. The van der Waals surface area contributed by atoms with E-state index < -0.39 is 6.04 Å². The first-order valence-corrected chi connectivity index (χ1v) is 5.34. The summed E-state index contributed by atoms with van der Waals surface area (Å²) in [6.07, 6.45) is 3.98. The third-order valence-corrected chi connectivity index (χ3v) is 2.67. The Hall–Kier alpha value is -1.75. The first kappa shape index (κ1) is 9.47. The Balaban J connectivity index is 1.85. The van der Waals surface area contributed by atoms with Gasteiger partial charge in [0.15, 0.2) is 5.82 Å². The minimum atomic E-state index is -0.405. The van der Waals surface area contributed by atoms with Gasteiger partial charge in [-0.15, -0.1) is 0 Å². The van der Waals surface area contributed by atoms with Crippen LogP contribution in [-0.4, -0.2) is 15.1 Å². The zero-order valence-corrected chi connectivity index (χ0v) is 8.71. The molecule has 0 aromatic carbocycles. The SMILES string of the molecule is NC(c1ccccn1)c1noc(C2CC2)n1. The molecule has 2 N–H and O–H groups in total. The van der Waals surface area contributed by atoms with Gasteiger partial charge in [0.25, 0.3) is 0 Å². The second kappa shape index (κ2) is 3.68. The van der Waals surface area contributed by atoms with Gasteiger partial charge in [0.05, 0.1) is 5.69 Å². The summed E-state index contributed by atoms with van der Waals surface area (Å²) in [4.78, 5) is 8.48. The maximum Gasteiger partial charge on any atom is 0.229 e. The number of aromatic nitrogens is 3. The highest BCUT2D eigenvalue weighted by Gasteiger charge is 2.30. The molecule has 1 unspecified atom stereocenters. The lowest BCUT2D eigenvalue weighted by molar-refractivity contribution is 0.372. The highest BCUT2D eigenvalue weighted by Crippen LogP contribution is 2.39. The summed E-state index contributed by atoms with van der Waals surface area (Å²) in [5.74, 6) is 1.68. The third-order valence-electron chi connectivity index (χ3n) is 2.67. The van der Waals surface area contributed by atoms with Crippen LogP contribution in [0.2, 0.25) is 0 Å². The molecule has 0 aliphatic heterocycles. The number of pyridine rings is 1. The van der Waals surface area contributed by atoms with Gasteiger partial charge in [-0.1, -0.05) is 11.2 Å². The van der Waals surface area contributed by atoms with Crippen molar-refractivity contribution in [2.75, 3.05) is 0 Å². The van der Waals surface area contributed by atoms with Gasteiger partial charge in [-0.05, 0) is 25.0 Å². The maximum atomic E-state index is 6.00. The molecule has 1 atom stereocenters. The summed E-state index contributed by atoms with van der Waals surface area (Å²) >= 11 is 0. The van der Waals surface area contributed by atoms with Crippen LogP contribution in [0.1, 0.15) is 42.2 Å². The molecule has 1 fully saturated rings. The van der Waals surface area contributed by atoms with Crippen LogP contribution in [0.15, 0.2) is 28.9 Å². The fourth-order valence-corrected chi connectivity index (χ4v) is 1.56. The van der Waals surface area contributed by atoms with Crippen LogP contribution < -0.4 is 5.73 Å². The molecule has 0 radical (unpaired) electrons. The molecular formula is C11H12N4O. The number of nitrogens with two attached hydrogens (primary N) is 1. The van der Waals surface area contributed by atoms with Gasteiger partial charge in [0, 0.05) is 12.1 Å². The van der Waals surface area contributed by atoms with Gasteiger partial charge < -0.3 is 10.3 Å². The smallest absolute Gasteiger partial charge is 0.229 e. The fourth-order valence-electron chi connectivity index (χ4n) is 1.56. The fraction of sp³-hybridized carbons (Fsp3) is 0.364. The van der Waals surface area contributed by atoms with E-state index in [0.29, 0.717) is 17.6 Å². The first-order chi connectivity index (χ1) is 7.84. The summed E-state index contributed by atoms with van der Waals surface area (Å²) in [7, 11) is 0. The molecule has 0 bridgehead atoms. The molecule has 3 rings (SSSR count). The van der Waals surface area contributed by atoms with Crippen LogP contribution in [-0.2, 0) is 0 Å². The van der Waals surface area contributed by atoms with E-state index in [0.717, 1.165) is 18.5 Å². The molecule has 5 nitrogen and oxygen atoms in total. The minimum absolute atomic E-state index is 0.405. The van der Waals surface area contributed by atoms with Gasteiger partial charge in [-0.2, -0.15) is 4.98 Å². The average molecular weight is 216 g/mol. The standard InChI is InChI=1S/C11H12N4O/c12-9(8-3-1-2-6-13-8)10-14-11(16-15-10)7-4-5-7/h1-3,6-7,9H,4-5,12H2. The molecule has 16 heavy (non-hydrogen) atoms. The van der Waals surface area contributed by atoms with Crippen LogP contribution in [0.3, 0.4) is 0 Å². The molecule has 2 heterocycles. The molecule has 0 saturated heterocycles. The number of hydrogen-bond acceptors (Lipinski definition) is 5. The molecular weight excluding hydrogens is 204 g/mol. The molecule has 1 saturated carbocycles. The Morgan fingerprint density at radius 1 is 1.38 bits per heavy atom. The summed E-state index contributed by atoms with van der Waals surface area (Å²) < 4.78 is 5.16. The molecule has 2 aromatic rings. The zero-order valence-electron chi connectivity index (χ0n) is 8.71. The van der Waals surface area contributed by atoms with Crippen molar-refractivity contribution in [2.45, 2.75) is 24.8 Å². The van der Waals surface area contributed by atoms with Crippen LogP contribution >= 0.6 is 0 Å². The minimum Gasteiger partial charge on any atom is -0.339 e. The van der Waals surface area contributed by atoms with Crippen LogP contribution in [0, 0.1) is 0 Å². The molecule has 0 amide bonds. The van der Waals surface area contributed by atoms with Crippen molar-refractivity contribution in [3.05, 3.63) is 41.8 Å². The molecule has 5 heteroatoms. The predicted molar refractivity (Wildman–Crippen MR) is 56.5 cm³/mol. The van der Waals surface area contributed by atoms with E-state index in [1.807, 2.05) is 18.2 Å². The second-order valence-corrected chi connectivity index (χ2v) is 4.00. The van der Waals surface area contributed by atoms with Crippen LogP contribution in [0.25, 0.3) is 0 Å². The second-order valence-electron chi connectivity index (χ2n) is 4.00. The molecule has 82 valence electrons. The number of nitrogens with zero attached hydrogens (tertiary/aromatic N) is 3. The summed E-state index contributed by atoms with van der Waals surface area (Å²) in [6.45, 7) is 0. The van der Waals surface area contributed by atoms with E-state index in [9.17, 15) is 0 Å².